The molecule has 0 spiro atoms. The van der Waals surface area contributed by atoms with E-state index in [1.165, 1.54) is 15.8 Å². The second kappa shape index (κ2) is 5.78. The minimum absolute atomic E-state index is 0.140. The van der Waals surface area contributed by atoms with Crippen LogP contribution in [0, 0.1) is 6.92 Å². The van der Waals surface area contributed by atoms with Crippen LogP contribution in [0.3, 0.4) is 0 Å². The van der Waals surface area contributed by atoms with E-state index in [1.54, 1.807) is 11.8 Å². The van der Waals surface area contributed by atoms with Gasteiger partial charge in [0, 0.05) is 22.2 Å². The Morgan fingerprint density at radius 2 is 1.86 bits per heavy atom. The molecule has 0 saturated carbocycles. The second-order valence-corrected chi connectivity index (χ2v) is 6.04. The number of carbonyl (C=O) groups excluding carboxylic acids is 1. The molecule has 0 aliphatic heterocycles. The number of benzene rings is 2. The van der Waals surface area contributed by atoms with Crippen molar-refractivity contribution in [3.63, 3.8) is 0 Å². The van der Waals surface area contributed by atoms with E-state index in [0.29, 0.717) is 6.54 Å². The smallest absolute Gasteiger partial charge is 0.182 e. The van der Waals surface area contributed by atoms with E-state index >= 15 is 0 Å². The Labute approximate surface area is 128 Å². The normalized spacial score (nSPS) is 11.0. The minimum atomic E-state index is 0.140. The SMILES string of the molecule is CSc1ccc(C(=O)Cn2ccc3cc(C)ccc32)cc1. The average Bonchev–Trinajstić information content (AvgIpc) is 2.89. The van der Waals surface area contributed by atoms with Crippen LogP contribution in [0.15, 0.2) is 59.6 Å². The van der Waals surface area contributed by atoms with E-state index in [4.69, 9.17) is 0 Å². The van der Waals surface area contributed by atoms with Crippen molar-refractivity contribution in [1.29, 1.82) is 0 Å². The molecule has 3 rings (SSSR count). The third kappa shape index (κ3) is 2.88. The molecule has 0 saturated heterocycles. The number of carbonyl (C=O) groups is 1. The first-order valence-electron chi connectivity index (χ1n) is 6.90. The molecule has 2 nitrogen and oxygen atoms in total. The van der Waals surface area contributed by atoms with Crippen LogP contribution >= 0.6 is 11.8 Å². The summed E-state index contributed by atoms with van der Waals surface area (Å²) >= 11 is 1.68. The van der Waals surface area contributed by atoms with Crippen molar-refractivity contribution in [3.8, 4) is 0 Å². The van der Waals surface area contributed by atoms with Crippen molar-refractivity contribution in [3.05, 3.63) is 65.9 Å². The van der Waals surface area contributed by atoms with Gasteiger partial charge in [-0.2, -0.15) is 0 Å². The van der Waals surface area contributed by atoms with Crippen LogP contribution in [0.4, 0.5) is 0 Å². The lowest BCUT2D eigenvalue weighted by Gasteiger charge is -2.06. The standard InChI is InChI=1S/C18H17NOS/c1-13-3-8-17-15(11-13)9-10-19(17)12-18(20)14-4-6-16(21-2)7-5-14/h3-11H,12H2,1-2H3. The molecule has 0 fully saturated rings. The summed E-state index contributed by atoms with van der Waals surface area (Å²) in [5.41, 5.74) is 3.11. The fourth-order valence-electron chi connectivity index (χ4n) is 2.48. The molecule has 0 aliphatic rings. The van der Waals surface area contributed by atoms with Crippen molar-refractivity contribution in [2.75, 3.05) is 6.26 Å². The lowest BCUT2D eigenvalue weighted by molar-refractivity contribution is 0.0973. The molecule has 106 valence electrons. The molecule has 3 aromatic rings. The highest BCUT2D eigenvalue weighted by Crippen LogP contribution is 2.19. The summed E-state index contributed by atoms with van der Waals surface area (Å²) < 4.78 is 2.01. The molecule has 0 bridgehead atoms. The van der Waals surface area contributed by atoms with Gasteiger partial charge in [-0.25, -0.2) is 0 Å². The zero-order chi connectivity index (χ0) is 14.8. The van der Waals surface area contributed by atoms with Crippen LogP contribution in [0.25, 0.3) is 10.9 Å². The largest absolute Gasteiger partial charge is 0.340 e. The number of thioether (sulfide) groups is 1. The van der Waals surface area contributed by atoms with Crippen molar-refractivity contribution in [2.45, 2.75) is 18.4 Å². The van der Waals surface area contributed by atoms with Gasteiger partial charge >= 0.3 is 0 Å². The van der Waals surface area contributed by atoms with Crippen molar-refractivity contribution < 1.29 is 4.79 Å². The molecule has 2 aromatic carbocycles. The van der Waals surface area contributed by atoms with Gasteiger partial charge in [0.15, 0.2) is 5.78 Å². The highest BCUT2D eigenvalue weighted by atomic mass is 32.2. The van der Waals surface area contributed by atoms with Gasteiger partial charge in [-0.1, -0.05) is 23.8 Å². The molecule has 0 amide bonds. The molecule has 0 aliphatic carbocycles. The lowest BCUT2D eigenvalue weighted by atomic mass is 10.1. The van der Waals surface area contributed by atoms with Gasteiger partial charge in [0.05, 0.1) is 6.54 Å². The van der Waals surface area contributed by atoms with Crippen LogP contribution in [-0.4, -0.2) is 16.6 Å². The fourth-order valence-corrected chi connectivity index (χ4v) is 2.89. The van der Waals surface area contributed by atoms with Crippen LogP contribution < -0.4 is 0 Å². The Hall–Kier alpha value is -2.00. The topological polar surface area (TPSA) is 22.0 Å². The third-order valence-corrected chi connectivity index (χ3v) is 4.40. The first kappa shape index (κ1) is 14.0. The summed E-state index contributed by atoms with van der Waals surface area (Å²) in [6.45, 7) is 2.46. The predicted octanol–water partition coefficient (Wildman–Crippen LogP) is 4.55. The van der Waals surface area contributed by atoms with E-state index in [-0.39, 0.29) is 5.78 Å². The number of hydrogen-bond acceptors (Lipinski definition) is 2. The van der Waals surface area contributed by atoms with Gasteiger partial charge in [-0.05, 0) is 48.9 Å². The number of fused-ring (bicyclic) bond motifs is 1. The molecule has 0 atom stereocenters. The zero-order valence-electron chi connectivity index (χ0n) is 12.2. The van der Waals surface area contributed by atoms with Crippen LogP contribution in [0.1, 0.15) is 15.9 Å². The number of aryl methyl sites for hydroxylation is 1. The Balaban J connectivity index is 1.85. The number of ketones is 1. The first-order valence-corrected chi connectivity index (χ1v) is 8.12. The highest BCUT2D eigenvalue weighted by molar-refractivity contribution is 7.98. The molecular weight excluding hydrogens is 278 g/mol. The Morgan fingerprint density at radius 1 is 1.10 bits per heavy atom. The number of rotatable bonds is 4. The monoisotopic (exact) mass is 295 g/mol. The molecule has 0 unspecified atom stereocenters. The quantitative estimate of drug-likeness (QED) is 0.520. The van der Waals surface area contributed by atoms with Gasteiger partial charge in [0.25, 0.3) is 0 Å². The lowest BCUT2D eigenvalue weighted by Crippen LogP contribution is -2.09. The van der Waals surface area contributed by atoms with E-state index in [9.17, 15) is 4.79 Å². The van der Waals surface area contributed by atoms with Crippen molar-refractivity contribution >= 4 is 28.4 Å². The Kier molecular flexibility index (Phi) is 3.84. The van der Waals surface area contributed by atoms with Crippen LogP contribution in [-0.2, 0) is 6.54 Å². The number of aromatic nitrogens is 1. The van der Waals surface area contributed by atoms with Gasteiger partial charge in [-0.3, -0.25) is 4.79 Å². The highest BCUT2D eigenvalue weighted by Gasteiger charge is 2.09. The molecule has 21 heavy (non-hydrogen) atoms. The maximum absolute atomic E-state index is 12.4. The Morgan fingerprint density at radius 3 is 2.57 bits per heavy atom. The van der Waals surface area contributed by atoms with E-state index in [2.05, 4.69) is 31.2 Å². The fraction of sp³-hybridized carbons (Fsp3) is 0.167. The summed E-state index contributed by atoms with van der Waals surface area (Å²) in [5.74, 6) is 0.140. The molecule has 3 heteroatoms. The summed E-state index contributed by atoms with van der Waals surface area (Å²) in [6.07, 6.45) is 4.02. The van der Waals surface area contributed by atoms with Gasteiger partial charge in [0.2, 0.25) is 0 Å². The average molecular weight is 295 g/mol. The van der Waals surface area contributed by atoms with Gasteiger partial charge < -0.3 is 4.57 Å². The number of nitrogens with zero attached hydrogens (tertiary/aromatic N) is 1. The molecule has 0 N–H and O–H groups in total. The third-order valence-electron chi connectivity index (χ3n) is 3.65. The van der Waals surface area contributed by atoms with E-state index in [1.807, 2.05) is 41.3 Å². The minimum Gasteiger partial charge on any atom is -0.340 e. The summed E-state index contributed by atoms with van der Waals surface area (Å²) in [4.78, 5) is 13.6. The summed E-state index contributed by atoms with van der Waals surface area (Å²) in [7, 11) is 0. The second-order valence-electron chi connectivity index (χ2n) is 5.16. The van der Waals surface area contributed by atoms with Gasteiger partial charge in [0.1, 0.15) is 0 Å². The molecule has 0 radical (unpaired) electrons. The summed E-state index contributed by atoms with van der Waals surface area (Å²) in [6, 6.07) is 16.2. The maximum atomic E-state index is 12.4. The maximum Gasteiger partial charge on any atom is 0.182 e. The molecular formula is C18H17NOS. The number of hydrogen-bond donors (Lipinski definition) is 0. The van der Waals surface area contributed by atoms with Crippen LogP contribution in [0.5, 0.6) is 0 Å². The van der Waals surface area contributed by atoms with Crippen molar-refractivity contribution in [1.82, 2.24) is 4.57 Å². The first-order chi connectivity index (χ1) is 10.2. The number of Topliss-reactive ketones (excluding diaryl/α,β-unsaturated/α-hetero) is 1. The van der Waals surface area contributed by atoms with Crippen molar-refractivity contribution in [2.24, 2.45) is 0 Å². The van der Waals surface area contributed by atoms with E-state index < -0.39 is 0 Å². The predicted molar refractivity (Wildman–Crippen MR) is 89.2 cm³/mol. The van der Waals surface area contributed by atoms with Gasteiger partial charge in [-0.15, -0.1) is 11.8 Å². The molecule has 1 aromatic heterocycles. The summed E-state index contributed by atoms with van der Waals surface area (Å²) in [5, 5.41) is 1.18. The Bertz CT molecular complexity index is 787. The van der Waals surface area contributed by atoms with E-state index in [0.717, 1.165) is 11.1 Å². The van der Waals surface area contributed by atoms with Crippen LogP contribution in [0.2, 0.25) is 0 Å². The zero-order valence-corrected chi connectivity index (χ0v) is 13.0. The molecule has 1 heterocycles.